The molecule has 0 spiro atoms. The summed E-state index contributed by atoms with van der Waals surface area (Å²) in [6.45, 7) is 0.365. The van der Waals surface area contributed by atoms with Gasteiger partial charge in [0.1, 0.15) is 0 Å². The molecule has 0 saturated carbocycles. The molecule has 1 aliphatic heterocycles. The first kappa shape index (κ1) is 14.9. The van der Waals surface area contributed by atoms with E-state index in [0.717, 1.165) is 0 Å². The first-order chi connectivity index (χ1) is 10.1. The highest BCUT2D eigenvalue weighted by Crippen LogP contribution is 2.21. The molecule has 1 saturated heterocycles. The van der Waals surface area contributed by atoms with Crippen LogP contribution >= 0.6 is 0 Å². The van der Waals surface area contributed by atoms with Gasteiger partial charge in [-0.3, -0.25) is 24.6 Å². The van der Waals surface area contributed by atoms with Crippen LogP contribution in [-0.2, 0) is 14.4 Å². The lowest BCUT2D eigenvalue weighted by Gasteiger charge is -2.16. The number of amides is 3. The first-order valence-electron chi connectivity index (χ1n) is 6.51. The van der Waals surface area contributed by atoms with E-state index in [1.54, 1.807) is 24.5 Å². The Morgan fingerprint density at radius 1 is 1.33 bits per heavy atom. The summed E-state index contributed by atoms with van der Waals surface area (Å²) in [6.07, 6.45) is 3.53. The molecule has 0 bridgehead atoms. The number of anilines is 1. The van der Waals surface area contributed by atoms with E-state index in [4.69, 9.17) is 5.21 Å². The number of hydrogen-bond acceptors (Lipinski definition) is 5. The quantitative estimate of drug-likeness (QED) is 0.512. The van der Waals surface area contributed by atoms with Gasteiger partial charge in [0.15, 0.2) is 0 Å². The van der Waals surface area contributed by atoms with Gasteiger partial charge >= 0.3 is 0 Å². The summed E-state index contributed by atoms with van der Waals surface area (Å²) < 4.78 is 0. The van der Waals surface area contributed by atoms with Crippen molar-refractivity contribution >= 4 is 23.4 Å². The summed E-state index contributed by atoms with van der Waals surface area (Å²) in [4.78, 5) is 40.2. The predicted octanol–water partition coefficient (Wildman–Crippen LogP) is -0.236. The summed E-state index contributed by atoms with van der Waals surface area (Å²) in [7, 11) is 0. The Bertz CT molecular complexity index is 534. The van der Waals surface area contributed by atoms with Crippen LogP contribution in [0.3, 0.4) is 0 Å². The van der Waals surface area contributed by atoms with Crippen LogP contribution in [0.2, 0.25) is 0 Å². The van der Waals surface area contributed by atoms with Crippen molar-refractivity contribution in [3.05, 3.63) is 24.5 Å². The third-order valence-corrected chi connectivity index (χ3v) is 3.26. The Balaban J connectivity index is 1.85. The zero-order chi connectivity index (χ0) is 15.2. The number of likely N-dealkylation sites (tertiary alicyclic amines) is 1. The third kappa shape index (κ3) is 3.99. The fourth-order valence-electron chi connectivity index (χ4n) is 2.23. The fraction of sp³-hybridized carbons (Fsp3) is 0.385. The van der Waals surface area contributed by atoms with Crippen LogP contribution in [0.25, 0.3) is 0 Å². The highest BCUT2D eigenvalue weighted by atomic mass is 16.5. The second-order valence-electron chi connectivity index (χ2n) is 4.77. The van der Waals surface area contributed by atoms with E-state index in [1.165, 1.54) is 10.4 Å². The lowest BCUT2D eigenvalue weighted by Crippen LogP contribution is -2.36. The topological polar surface area (TPSA) is 112 Å². The van der Waals surface area contributed by atoms with Crippen LogP contribution in [0.5, 0.6) is 0 Å². The summed E-state index contributed by atoms with van der Waals surface area (Å²) >= 11 is 0. The minimum absolute atomic E-state index is 0.0571. The third-order valence-electron chi connectivity index (χ3n) is 3.26. The van der Waals surface area contributed by atoms with Gasteiger partial charge in [0.2, 0.25) is 17.7 Å². The van der Waals surface area contributed by atoms with Crippen molar-refractivity contribution < 1.29 is 19.6 Å². The molecule has 1 fully saturated rings. The second kappa shape index (κ2) is 6.80. The Morgan fingerprint density at radius 3 is 2.71 bits per heavy atom. The second-order valence-corrected chi connectivity index (χ2v) is 4.77. The summed E-state index contributed by atoms with van der Waals surface area (Å²) in [5.74, 6) is -1.63. The van der Waals surface area contributed by atoms with Crippen molar-refractivity contribution in [2.24, 2.45) is 5.92 Å². The molecule has 8 nitrogen and oxygen atoms in total. The van der Waals surface area contributed by atoms with E-state index in [-0.39, 0.29) is 24.8 Å². The number of nitrogens with zero attached hydrogens (tertiary/aromatic N) is 2. The van der Waals surface area contributed by atoms with Gasteiger partial charge in [0, 0.05) is 37.0 Å². The number of hydrogen-bond donors (Lipinski definition) is 3. The molecule has 1 aliphatic rings. The van der Waals surface area contributed by atoms with Crippen LogP contribution in [0.1, 0.15) is 12.8 Å². The molecule has 8 heteroatoms. The number of aromatic nitrogens is 1. The number of hydroxylamine groups is 1. The van der Waals surface area contributed by atoms with Gasteiger partial charge in [0.25, 0.3) is 0 Å². The first-order valence-corrected chi connectivity index (χ1v) is 6.51. The summed E-state index contributed by atoms with van der Waals surface area (Å²) in [5, 5.41) is 11.1. The van der Waals surface area contributed by atoms with Gasteiger partial charge in [-0.15, -0.1) is 0 Å². The molecule has 3 N–H and O–H groups in total. The Labute approximate surface area is 121 Å². The number of carbonyl (C=O) groups is 3. The minimum Gasteiger partial charge on any atom is -0.333 e. The normalized spacial score (nSPS) is 17.7. The van der Waals surface area contributed by atoms with Gasteiger partial charge < -0.3 is 10.2 Å². The zero-order valence-corrected chi connectivity index (χ0v) is 11.3. The predicted molar refractivity (Wildman–Crippen MR) is 72.1 cm³/mol. The van der Waals surface area contributed by atoms with Crippen LogP contribution in [0.4, 0.5) is 5.69 Å². The molecular weight excluding hydrogens is 276 g/mol. The SMILES string of the molecule is O=C(CC1CCN(CC(=O)Nc2ccncc2)C1=O)NO. The number of rotatable bonds is 5. The molecule has 1 atom stereocenters. The zero-order valence-electron chi connectivity index (χ0n) is 11.3. The fourth-order valence-corrected chi connectivity index (χ4v) is 2.23. The van der Waals surface area contributed by atoms with E-state index < -0.39 is 11.8 Å². The largest absolute Gasteiger partial charge is 0.333 e. The molecule has 2 rings (SSSR count). The van der Waals surface area contributed by atoms with Gasteiger partial charge in [-0.2, -0.15) is 0 Å². The van der Waals surface area contributed by atoms with Crippen molar-refractivity contribution in [1.29, 1.82) is 0 Å². The molecule has 0 radical (unpaired) electrons. The van der Waals surface area contributed by atoms with Crippen molar-refractivity contribution in [1.82, 2.24) is 15.4 Å². The summed E-state index contributed by atoms with van der Waals surface area (Å²) in [5.41, 5.74) is 2.11. The van der Waals surface area contributed by atoms with Crippen LogP contribution in [0.15, 0.2) is 24.5 Å². The maximum atomic E-state index is 12.0. The van der Waals surface area contributed by atoms with Crippen LogP contribution < -0.4 is 10.8 Å². The molecular formula is C13H16N4O4. The van der Waals surface area contributed by atoms with E-state index in [2.05, 4.69) is 10.3 Å². The molecule has 0 aliphatic carbocycles. The van der Waals surface area contributed by atoms with E-state index in [1.807, 2.05) is 0 Å². The average Bonchev–Trinajstić information content (AvgIpc) is 2.81. The average molecular weight is 292 g/mol. The van der Waals surface area contributed by atoms with Crippen molar-refractivity contribution in [2.45, 2.75) is 12.8 Å². The van der Waals surface area contributed by atoms with Gasteiger partial charge in [-0.05, 0) is 18.6 Å². The number of pyridine rings is 1. The Hall–Kier alpha value is -2.48. The Morgan fingerprint density at radius 2 is 2.05 bits per heavy atom. The molecule has 21 heavy (non-hydrogen) atoms. The smallest absolute Gasteiger partial charge is 0.244 e. The van der Waals surface area contributed by atoms with E-state index >= 15 is 0 Å². The van der Waals surface area contributed by atoms with Gasteiger partial charge in [-0.1, -0.05) is 0 Å². The monoisotopic (exact) mass is 292 g/mol. The summed E-state index contributed by atoms with van der Waals surface area (Å²) in [6, 6.07) is 3.30. The molecule has 3 amide bonds. The van der Waals surface area contributed by atoms with Crippen molar-refractivity contribution in [3.63, 3.8) is 0 Å². The number of carbonyl (C=O) groups excluding carboxylic acids is 3. The lowest BCUT2D eigenvalue weighted by molar-refractivity contribution is -0.138. The van der Waals surface area contributed by atoms with Crippen molar-refractivity contribution in [3.8, 4) is 0 Å². The molecule has 1 aromatic heterocycles. The highest BCUT2D eigenvalue weighted by molar-refractivity contribution is 5.95. The lowest BCUT2D eigenvalue weighted by atomic mass is 10.0. The van der Waals surface area contributed by atoms with Gasteiger partial charge in [0.05, 0.1) is 6.54 Å². The minimum atomic E-state index is -0.601. The van der Waals surface area contributed by atoms with Crippen LogP contribution in [0, 0.1) is 5.92 Å². The molecule has 0 aromatic carbocycles. The molecule has 112 valence electrons. The maximum absolute atomic E-state index is 12.0. The molecule has 1 unspecified atom stereocenters. The van der Waals surface area contributed by atoms with E-state index in [9.17, 15) is 14.4 Å². The van der Waals surface area contributed by atoms with E-state index in [0.29, 0.717) is 18.7 Å². The van der Waals surface area contributed by atoms with Crippen LogP contribution in [-0.4, -0.2) is 45.9 Å². The molecule has 1 aromatic rings. The molecule has 2 heterocycles. The Kier molecular flexibility index (Phi) is 4.83. The standard InChI is InChI=1S/C13H16N4O4/c18-11(16-21)7-9-3-6-17(13(9)20)8-12(19)15-10-1-4-14-5-2-10/h1-2,4-5,9,21H,3,6-8H2,(H,16,18)(H,14,15,19). The highest BCUT2D eigenvalue weighted by Gasteiger charge is 2.33. The van der Waals surface area contributed by atoms with Crippen molar-refractivity contribution in [2.75, 3.05) is 18.4 Å². The maximum Gasteiger partial charge on any atom is 0.244 e. The number of nitrogens with one attached hydrogen (secondary N) is 2. The van der Waals surface area contributed by atoms with Gasteiger partial charge in [-0.25, -0.2) is 5.48 Å².